The lowest BCUT2D eigenvalue weighted by atomic mass is 10.0. The van der Waals surface area contributed by atoms with Crippen LogP contribution in [0.4, 0.5) is 0 Å². The first-order valence-electron chi connectivity index (χ1n) is 8.21. The molecule has 4 nitrogen and oxygen atoms in total. The lowest BCUT2D eigenvalue weighted by Gasteiger charge is -2.05. The largest absolute Gasteiger partial charge is 0.287 e. The number of aromatic nitrogens is 3. The topological polar surface area (TPSA) is 58.6 Å². The van der Waals surface area contributed by atoms with E-state index in [2.05, 4.69) is 33.4 Å². The van der Waals surface area contributed by atoms with Gasteiger partial charge in [-0.05, 0) is 41.8 Å². The second-order valence-corrected chi connectivity index (χ2v) is 7.13. The molecule has 5 aromatic rings. The fraction of sp³-hybridized carbons (Fsp3) is 0. The van der Waals surface area contributed by atoms with Crippen LogP contribution in [0.3, 0.4) is 0 Å². The summed E-state index contributed by atoms with van der Waals surface area (Å²) in [5.74, 6) is -0.0870. The minimum absolute atomic E-state index is 0.0870. The minimum atomic E-state index is -0.0870. The molecule has 5 rings (SSSR count). The van der Waals surface area contributed by atoms with Gasteiger partial charge in [0.05, 0.1) is 11.7 Å². The summed E-state index contributed by atoms with van der Waals surface area (Å²) in [4.78, 5) is 18.2. The van der Waals surface area contributed by atoms with E-state index < -0.39 is 0 Å². The van der Waals surface area contributed by atoms with E-state index in [9.17, 15) is 4.79 Å². The van der Waals surface area contributed by atoms with Crippen molar-refractivity contribution in [3.05, 3.63) is 84.3 Å². The van der Waals surface area contributed by atoms with Gasteiger partial charge >= 0.3 is 0 Å². The van der Waals surface area contributed by atoms with Crippen molar-refractivity contribution in [2.75, 3.05) is 0 Å². The van der Waals surface area contributed by atoms with Gasteiger partial charge in [0, 0.05) is 32.3 Å². The number of carbonyl (C=O) groups is 1. The predicted octanol–water partition coefficient (Wildman–Crippen LogP) is 5.07. The van der Waals surface area contributed by atoms with E-state index in [-0.39, 0.29) is 5.78 Å². The van der Waals surface area contributed by atoms with Crippen LogP contribution in [0.15, 0.2) is 73.1 Å². The van der Waals surface area contributed by atoms with Gasteiger partial charge in [-0.2, -0.15) is 5.10 Å². The molecular formula is C21H13N3OS. The predicted molar refractivity (Wildman–Crippen MR) is 105 cm³/mol. The van der Waals surface area contributed by atoms with Gasteiger partial charge in [-0.3, -0.25) is 14.9 Å². The minimum Gasteiger partial charge on any atom is -0.287 e. The molecule has 3 heterocycles. The summed E-state index contributed by atoms with van der Waals surface area (Å²) in [5, 5.41) is 9.35. The van der Waals surface area contributed by atoms with Crippen LogP contribution in [-0.2, 0) is 0 Å². The van der Waals surface area contributed by atoms with Crippen LogP contribution in [0.1, 0.15) is 16.1 Å². The Bertz CT molecular complexity index is 1220. The molecule has 0 radical (unpaired) electrons. The molecule has 26 heavy (non-hydrogen) atoms. The number of hydrogen-bond donors (Lipinski definition) is 1. The molecule has 0 atom stereocenters. The van der Waals surface area contributed by atoms with E-state index in [0.717, 1.165) is 21.3 Å². The molecule has 1 N–H and O–H groups in total. The SMILES string of the molecule is O=C(c1cc(-c2cc3ccccc3s2)c2[nH]ncc2c1)c1ccccn1. The molecule has 0 amide bonds. The second kappa shape index (κ2) is 5.89. The van der Waals surface area contributed by atoms with Gasteiger partial charge in [0.15, 0.2) is 0 Å². The van der Waals surface area contributed by atoms with Crippen molar-refractivity contribution in [1.82, 2.24) is 15.2 Å². The summed E-state index contributed by atoms with van der Waals surface area (Å²) in [6.07, 6.45) is 3.39. The van der Waals surface area contributed by atoms with E-state index in [1.54, 1.807) is 35.9 Å². The lowest BCUT2D eigenvalue weighted by Crippen LogP contribution is -2.03. The van der Waals surface area contributed by atoms with Crippen LogP contribution in [-0.4, -0.2) is 21.0 Å². The summed E-state index contributed by atoms with van der Waals surface area (Å²) in [6.45, 7) is 0. The number of ketones is 1. The Morgan fingerprint density at radius 3 is 2.69 bits per heavy atom. The first-order chi connectivity index (χ1) is 12.8. The number of H-pyrrole nitrogens is 1. The molecule has 0 unspecified atom stereocenters. The number of fused-ring (bicyclic) bond motifs is 2. The Morgan fingerprint density at radius 1 is 0.962 bits per heavy atom. The zero-order valence-corrected chi connectivity index (χ0v) is 14.5. The van der Waals surface area contributed by atoms with Gasteiger partial charge in [0.2, 0.25) is 5.78 Å². The van der Waals surface area contributed by atoms with Crippen LogP contribution in [0.25, 0.3) is 31.4 Å². The zero-order valence-electron chi connectivity index (χ0n) is 13.6. The first-order valence-corrected chi connectivity index (χ1v) is 9.03. The normalized spacial score (nSPS) is 11.2. The third-order valence-electron chi connectivity index (χ3n) is 4.40. The average Bonchev–Trinajstić information content (AvgIpc) is 3.33. The summed E-state index contributed by atoms with van der Waals surface area (Å²) in [6, 6.07) is 19.6. The molecule has 0 fully saturated rings. The number of hydrogen-bond acceptors (Lipinski definition) is 4. The van der Waals surface area contributed by atoms with E-state index in [1.165, 1.54) is 10.1 Å². The van der Waals surface area contributed by atoms with Crippen molar-refractivity contribution in [1.29, 1.82) is 0 Å². The van der Waals surface area contributed by atoms with Crippen molar-refractivity contribution in [3.8, 4) is 10.4 Å². The number of nitrogens with one attached hydrogen (secondary N) is 1. The summed E-state index contributed by atoms with van der Waals surface area (Å²) >= 11 is 1.71. The van der Waals surface area contributed by atoms with Crippen LogP contribution in [0, 0.1) is 0 Å². The smallest absolute Gasteiger partial charge is 0.211 e. The second-order valence-electron chi connectivity index (χ2n) is 6.05. The lowest BCUT2D eigenvalue weighted by molar-refractivity contribution is 0.103. The third-order valence-corrected chi connectivity index (χ3v) is 5.55. The Morgan fingerprint density at radius 2 is 1.85 bits per heavy atom. The average molecular weight is 355 g/mol. The molecule has 0 aliphatic carbocycles. The van der Waals surface area contributed by atoms with Gasteiger partial charge < -0.3 is 0 Å². The first kappa shape index (κ1) is 15.0. The highest BCUT2D eigenvalue weighted by atomic mass is 32.1. The molecule has 0 aliphatic heterocycles. The molecule has 124 valence electrons. The molecule has 0 saturated carbocycles. The van der Waals surface area contributed by atoms with Gasteiger partial charge in [-0.25, -0.2) is 0 Å². The molecule has 0 aliphatic rings. The van der Waals surface area contributed by atoms with Crippen LogP contribution >= 0.6 is 11.3 Å². The van der Waals surface area contributed by atoms with Gasteiger partial charge in [0.25, 0.3) is 0 Å². The van der Waals surface area contributed by atoms with E-state index in [1.807, 2.05) is 30.3 Å². The maximum absolute atomic E-state index is 12.9. The van der Waals surface area contributed by atoms with Gasteiger partial charge in [-0.1, -0.05) is 24.3 Å². The molecule has 0 spiro atoms. The molecule has 2 aromatic carbocycles. The fourth-order valence-electron chi connectivity index (χ4n) is 3.14. The maximum atomic E-state index is 12.9. The number of nitrogens with zero attached hydrogens (tertiary/aromatic N) is 2. The number of rotatable bonds is 3. The summed E-state index contributed by atoms with van der Waals surface area (Å²) in [5.41, 5.74) is 2.98. The number of thiophene rings is 1. The quantitative estimate of drug-likeness (QED) is 0.460. The molecule has 5 heteroatoms. The van der Waals surface area contributed by atoms with Crippen molar-refractivity contribution in [2.45, 2.75) is 0 Å². The Labute approximate surface area is 153 Å². The van der Waals surface area contributed by atoms with Crippen LogP contribution in [0.2, 0.25) is 0 Å². The molecular weight excluding hydrogens is 342 g/mol. The Hall–Kier alpha value is -3.31. The van der Waals surface area contributed by atoms with Gasteiger partial charge in [0.1, 0.15) is 5.69 Å². The number of benzene rings is 2. The van der Waals surface area contributed by atoms with Gasteiger partial charge in [-0.15, -0.1) is 11.3 Å². The number of pyridine rings is 1. The van der Waals surface area contributed by atoms with Crippen LogP contribution < -0.4 is 0 Å². The third kappa shape index (κ3) is 2.41. The van der Waals surface area contributed by atoms with Crippen LogP contribution in [0.5, 0.6) is 0 Å². The van der Waals surface area contributed by atoms with E-state index in [0.29, 0.717) is 11.3 Å². The molecule has 0 saturated heterocycles. The zero-order chi connectivity index (χ0) is 17.5. The van der Waals surface area contributed by atoms with Crippen molar-refractivity contribution >= 4 is 38.1 Å². The highest BCUT2D eigenvalue weighted by Gasteiger charge is 2.16. The number of aromatic amines is 1. The standard InChI is InChI=1S/C21H13N3OS/c25-21(17-6-3-4-8-22-17)14-9-15-12-23-24-20(15)16(10-14)19-11-13-5-1-2-7-18(13)26-19/h1-12H,(H,23,24). The summed E-state index contributed by atoms with van der Waals surface area (Å²) in [7, 11) is 0. The monoisotopic (exact) mass is 355 g/mol. The molecule has 3 aromatic heterocycles. The highest BCUT2D eigenvalue weighted by Crippen LogP contribution is 2.37. The summed E-state index contributed by atoms with van der Waals surface area (Å²) < 4.78 is 1.22. The number of carbonyl (C=O) groups excluding carboxylic acids is 1. The van der Waals surface area contributed by atoms with Crippen molar-refractivity contribution in [2.24, 2.45) is 0 Å². The highest BCUT2D eigenvalue weighted by molar-refractivity contribution is 7.22. The van der Waals surface area contributed by atoms with E-state index >= 15 is 0 Å². The van der Waals surface area contributed by atoms with E-state index in [4.69, 9.17) is 0 Å². The maximum Gasteiger partial charge on any atom is 0.211 e. The Kier molecular flexibility index (Phi) is 3.40. The van der Waals surface area contributed by atoms with Crippen molar-refractivity contribution in [3.63, 3.8) is 0 Å². The van der Waals surface area contributed by atoms with Crippen molar-refractivity contribution < 1.29 is 4.79 Å². The Balaban J connectivity index is 1.72. The molecule has 0 bridgehead atoms. The fourth-order valence-corrected chi connectivity index (χ4v) is 4.23.